The molecule has 1 unspecified atom stereocenters. The highest BCUT2D eigenvalue weighted by Crippen LogP contribution is 2.35. The van der Waals surface area contributed by atoms with Gasteiger partial charge in [0.2, 0.25) is 11.8 Å². The van der Waals surface area contributed by atoms with E-state index in [1.807, 2.05) is 6.92 Å². The van der Waals surface area contributed by atoms with E-state index in [0.29, 0.717) is 26.1 Å². The maximum absolute atomic E-state index is 13.1. The van der Waals surface area contributed by atoms with Crippen LogP contribution in [-0.4, -0.2) is 50.1 Å². The van der Waals surface area contributed by atoms with E-state index >= 15 is 0 Å². The molecule has 0 radical (unpaired) electrons. The average Bonchev–Trinajstić information content (AvgIpc) is 2.75. The largest absolute Gasteiger partial charge is 0.375 e. The molecule has 5 nitrogen and oxygen atoms in total. The summed E-state index contributed by atoms with van der Waals surface area (Å²) in [6, 6.07) is 16.9. The van der Waals surface area contributed by atoms with E-state index in [1.54, 1.807) is 4.90 Å². The van der Waals surface area contributed by atoms with Crippen LogP contribution >= 0.6 is 0 Å². The Morgan fingerprint density at radius 3 is 2.30 bits per heavy atom. The van der Waals surface area contributed by atoms with Gasteiger partial charge in [-0.15, -0.1) is 0 Å². The van der Waals surface area contributed by atoms with Crippen LogP contribution in [0.4, 0.5) is 0 Å². The number of ether oxygens (including phenoxy) is 1. The predicted molar refractivity (Wildman–Crippen MR) is 119 cm³/mol. The number of rotatable bonds is 7. The first-order valence-corrected chi connectivity index (χ1v) is 10.7. The van der Waals surface area contributed by atoms with Gasteiger partial charge in [0.1, 0.15) is 6.61 Å². The van der Waals surface area contributed by atoms with Crippen LogP contribution in [0, 0.1) is 12.3 Å². The van der Waals surface area contributed by atoms with Crippen LogP contribution in [0.3, 0.4) is 0 Å². The molecule has 1 heterocycles. The summed E-state index contributed by atoms with van der Waals surface area (Å²) in [6.07, 6.45) is 2.20. The molecule has 5 heteroatoms. The molecule has 0 bridgehead atoms. The molecule has 30 heavy (non-hydrogen) atoms. The van der Waals surface area contributed by atoms with Gasteiger partial charge in [0, 0.05) is 26.7 Å². The molecule has 1 atom stereocenters. The Kier molecular flexibility index (Phi) is 7.27. The van der Waals surface area contributed by atoms with E-state index in [9.17, 15) is 9.59 Å². The number of benzene rings is 2. The summed E-state index contributed by atoms with van der Waals surface area (Å²) in [7, 11) is 1.52. The number of aryl methyl sites for hydroxylation is 1. The Balaban J connectivity index is 1.82. The first-order valence-electron chi connectivity index (χ1n) is 10.7. The number of amides is 2. The number of likely N-dealkylation sites (tertiary alicyclic amines) is 1. The van der Waals surface area contributed by atoms with Crippen LogP contribution in [0.5, 0.6) is 0 Å². The first-order chi connectivity index (χ1) is 14.5. The van der Waals surface area contributed by atoms with Crippen molar-refractivity contribution in [3.63, 3.8) is 0 Å². The van der Waals surface area contributed by atoms with Gasteiger partial charge in [-0.05, 0) is 49.8 Å². The Morgan fingerprint density at radius 2 is 1.70 bits per heavy atom. The first kappa shape index (κ1) is 22.0. The molecule has 0 aliphatic carbocycles. The highest BCUT2D eigenvalue weighted by molar-refractivity contribution is 5.85. The van der Waals surface area contributed by atoms with Gasteiger partial charge in [0.05, 0.1) is 5.41 Å². The maximum atomic E-state index is 13.1. The predicted octanol–water partition coefficient (Wildman–Crippen LogP) is 3.60. The summed E-state index contributed by atoms with van der Waals surface area (Å²) >= 11 is 0. The highest BCUT2D eigenvalue weighted by Gasteiger charge is 2.43. The van der Waals surface area contributed by atoms with E-state index in [4.69, 9.17) is 4.74 Å². The van der Waals surface area contributed by atoms with Crippen molar-refractivity contribution in [2.75, 3.05) is 33.4 Å². The quantitative estimate of drug-likeness (QED) is 0.762. The Bertz CT molecular complexity index is 861. The van der Waals surface area contributed by atoms with Gasteiger partial charge in [-0.1, -0.05) is 54.1 Å². The number of nitrogens with one attached hydrogen (secondary N) is 1. The molecule has 1 fully saturated rings. The van der Waals surface area contributed by atoms with E-state index in [-0.39, 0.29) is 18.4 Å². The van der Waals surface area contributed by atoms with Crippen molar-refractivity contribution >= 4 is 11.8 Å². The molecule has 1 N–H and O–H groups in total. The lowest BCUT2D eigenvalue weighted by molar-refractivity contribution is -0.144. The third-order valence-electron chi connectivity index (χ3n) is 5.90. The summed E-state index contributed by atoms with van der Waals surface area (Å²) in [5, 5.41) is 3.00. The lowest BCUT2D eigenvalue weighted by Crippen LogP contribution is -2.55. The monoisotopic (exact) mass is 408 g/mol. The van der Waals surface area contributed by atoms with Crippen LogP contribution in [0.1, 0.15) is 30.9 Å². The van der Waals surface area contributed by atoms with E-state index in [2.05, 4.69) is 60.8 Å². The average molecular weight is 409 g/mol. The van der Waals surface area contributed by atoms with Crippen LogP contribution in [0.2, 0.25) is 0 Å². The third-order valence-corrected chi connectivity index (χ3v) is 5.90. The van der Waals surface area contributed by atoms with Crippen LogP contribution in [-0.2, 0) is 20.7 Å². The molecular formula is C25H32N2O3. The summed E-state index contributed by atoms with van der Waals surface area (Å²) < 4.78 is 5.02. The second-order valence-electron chi connectivity index (χ2n) is 8.23. The lowest BCUT2D eigenvalue weighted by Gasteiger charge is -2.42. The van der Waals surface area contributed by atoms with Crippen molar-refractivity contribution < 1.29 is 14.3 Å². The Labute approximate surface area is 179 Å². The second kappa shape index (κ2) is 9.90. The minimum atomic E-state index is -0.608. The zero-order valence-corrected chi connectivity index (χ0v) is 18.2. The van der Waals surface area contributed by atoms with Crippen LogP contribution in [0.25, 0.3) is 11.1 Å². The molecule has 0 aromatic heterocycles. The normalized spacial score (nSPS) is 18.8. The molecular weight excluding hydrogens is 376 g/mol. The maximum Gasteiger partial charge on any atom is 0.248 e. The van der Waals surface area contributed by atoms with Crippen molar-refractivity contribution in [3.05, 3.63) is 59.7 Å². The smallest absolute Gasteiger partial charge is 0.248 e. The van der Waals surface area contributed by atoms with Crippen molar-refractivity contribution in [3.8, 4) is 11.1 Å². The van der Waals surface area contributed by atoms with Gasteiger partial charge in [0.15, 0.2) is 0 Å². The molecule has 1 aliphatic heterocycles. The number of carbonyl (C=O) groups is 2. The summed E-state index contributed by atoms with van der Waals surface area (Å²) in [5.74, 6) is -0.0249. The molecule has 0 saturated carbocycles. The van der Waals surface area contributed by atoms with Gasteiger partial charge in [-0.25, -0.2) is 0 Å². The summed E-state index contributed by atoms with van der Waals surface area (Å²) in [4.78, 5) is 27.3. The van der Waals surface area contributed by atoms with Gasteiger partial charge in [-0.3, -0.25) is 9.59 Å². The molecule has 1 saturated heterocycles. The van der Waals surface area contributed by atoms with Gasteiger partial charge in [0.25, 0.3) is 0 Å². The third kappa shape index (κ3) is 5.08. The van der Waals surface area contributed by atoms with Crippen molar-refractivity contribution in [2.45, 2.75) is 33.1 Å². The minimum absolute atomic E-state index is 0.0301. The van der Waals surface area contributed by atoms with Gasteiger partial charge < -0.3 is 15.0 Å². The molecule has 160 valence electrons. The number of carbonyl (C=O) groups excluding carboxylic acids is 2. The van der Waals surface area contributed by atoms with Gasteiger partial charge >= 0.3 is 0 Å². The van der Waals surface area contributed by atoms with Crippen molar-refractivity contribution in [1.82, 2.24) is 10.2 Å². The van der Waals surface area contributed by atoms with Crippen LogP contribution in [0.15, 0.2) is 48.5 Å². The minimum Gasteiger partial charge on any atom is -0.375 e. The molecule has 1 aliphatic rings. The van der Waals surface area contributed by atoms with E-state index < -0.39 is 5.41 Å². The molecule has 2 amide bonds. The molecule has 0 spiro atoms. The fourth-order valence-corrected chi connectivity index (χ4v) is 4.27. The number of methoxy groups -OCH3 is 1. The molecule has 2 aromatic rings. The Morgan fingerprint density at radius 1 is 1.07 bits per heavy atom. The number of piperidine rings is 1. The number of hydrogen-bond donors (Lipinski definition) is 1. The topological polar surface area (TPSA) is 58.6 Å². The fraction of sp³-hybridized carbons (Fsp3) is 0.440. The summed E-state index contributed by atoms with van der Waals surface area (Å²) in [5.41, 5.74) is 4.08. The molecule has 3 rings (SSSR count). The second-order valence-corrected chi connectivity index (χ2v) is 8.23. The van der Waals surface area contributed by atoms with Gasteiger partial charge in [-0.2, -0.15) is 0 Å². The van der Waals surface area contributed by atoms with Crippen LogP contribution < -0.4 is 5.32 Å². The number of nitrogens with zero attached hydrogens (tertiary/aromatic N) is 1. The van der Waals surface area contributed by atoms with Crippen molar-refractivity contribution in [1.29, 1.82) is 0 Å². The lowest BCUT2D eigenvalue weighted by atomic mass is 9.74. The summed E-state index contributed by atoms with van der Waals surface area (Å²) in [6.45, 7) is 5.75. The Hall–Kier alpha value is -2.66. The SMILES string of the molecule is CCNC(=O)C1(Cc2ccc(-c3ccc(C)cc3)cc2)CCCN(C(=O)COC)C1. The van der Waals surface area contributed by atoms with E-state index in [1.165, 1.54) is 18.2 Å². The standard InChI is InChI=1S/C25H32N2O3/c1-4-26-24(29)25(14-5-15-27(18-25)23(28)17-30-3)16-20-8-12-22(13-9-20)21-10-6-19(2)7-11-21/h6-13H,4-5,14-18H2,1-3H3,(H,26,29). The van der Waals surface area contributed by atoms with Crippen molar-refractivity contribution in [2.24, 2.45) is 5.41 Å². The zero-order chi connectivity index (χ0) is 21.6. The van der Waals surface area contributed by atoms with E-state index in [0.717, 1.165) is 24.0 Å². The number of hydrogen-bond acceptors (Lipinski definition) is 3. The zero-order valence-electron chi connectivity index (χ0n) is 18.2. The molecule has 2 aromatic carbocycles. The fourth-order valence-electron chi connectivity index (χ4n) is 4.27. The highest BCUT2D eigenvalue weighted by atomic mass is 16.5.